The Kier molecular flexibility index (Phi) is 3.68. The molecule has 1 aliphatic heterocycles. The molecule has 0 aromatic carbocycles. The van der Waals surface area contributed by atoms with E-state index in [4.69, 9.17) is 4.74 Å². The Hall–Kier alpha value is -0.0800. The monoisotopic (exact) mass is 251 g/mol. The Bertz CT molecular complexity index is 269. The number of rotatable bonds is 1. The number of hydrogen-bond donors (Lipinski definition) is 1. The first-order valence-electron chi connectivity index (χ1n) is 8.19. The van der Waals surface area contributed by atoms with Crippen molar-refractivity contribution >= 4 is 0 Å². The summed E-state index contributed by atoms with van der Waals surface area (Å²) in [6, 6.07) is 0. The maximum absolute atomic E-state index is 6.22. The average molecular weight is 251 g/mol. The van der Waals surface area contributed by atoms with Crippen LogP contribution in [0.4, 0.5) is 0 Å². The minimum atomic E-state index is 0.0568. The summed E-state index contributed by atoms with van der Waals surface area (Å²) in [5.41, 5.74) is 0.497. The zero-order valence-electron chi connectivity index (χ0n) is 12.0. The van der Waals surface area contributed by atoms with Crippen molar-refractivity contribution < 1.29 is 4.74 Å². The van der Waals surface area contributed by atoms with Gasteiger partial charge in [0.05, 0.1) is 6.61 Å². The number of hydrogen-bond acceptors (Lipinski definition) is 2. The van der Waals surface area contributed by atoms with Crippen molar-refractivity contribution in [3.8, 4) is 0 Å². The second kappa shape index (κ2) is 5.13. The highest BCUT2D eigenvalue weighted by atomic mass is 16.5. The molecule has 0 aromatic heterocycles. The first-order chi connectivity index (χ1) is 8.76. The lowest BCUT2D eigenvalue weighted by Gasteiger charge is -2.53. The van der Waals surface area contributed by atoms with Gasteiger partial charge in [0.2, 0.25) is 0 Å². The summed E-state index contributed by atoms with van der Waals surface area (Å²) in [5, 5.41) is 4.01. The molecule has 2 spiro atoms. The van der Waals surface area contributed by atoms with Crippen LogP contribution in [0.15, 0.2) is 0 Å². The molecule has 0 bridgehead atoms. The van der Waals surface area contributed by atoms with Gasteiger partial charge in [-0.05, 0) is 50.9 Å². The van der Waals surface area contributed by atoms with Crippen molar-refractivity contribution in [1.82, 2.24) is 5.32 Å². The van der Waals surface area contributed by atoms with E-state index < -0.39 is 0 Å². The molecule has 2 aliphatic carbocycles. The first kappa shape index (κ1) is 12.9. The van der Waals surface area contributed by atoms with Crippen molar-refractivity contribution in [3.63, 3.8) is 0 Å². The van der Waals surface area contributed by atoms with Gasteiger partial charge in [0, 0.05) is 5.54 Å². The molecule has 0 amide bonds. The summed E-state index contributed by atoms with van der Waals surface area (Å²) < 4.78 is 6.22. The highest BCUT2D eigenvalue weighted by molar-refractivity contribution is 5.00. The molecule has 0 radical (unpaired) electrons. The summed E-state index contributed by atoms with van der Waals surface area (Å²) in [6.07, 6.45) is 14.8. The van der Waals surface area contributed by atoms with E-state index in [1.807, 2.05) is 0 Å². The van der Waals surface area contributed by atoms with Crippen LogP contribution < -0.4 is 5.32 Å². The van der Waals surface area contributed by atoms with Gasteiger partial charge in [0.15, 0.2) is 0 Å². The second-order valence-electron chi connectivity index (χ2n) is 6.91. The van der Waals surface area contributed by atoms with Crippen LogP contribution in [-0.4, -0.2) is 17.9 Å². The van der Waals surface area contributed by atoms with Crippen molar-refractivity contribution in [2.24, 2.45) is 5.92 Å². The molecule has 2 heteroatoms. The molecule has 3 rings (SSSR count). The van der Waals surface area contributed by atoms with Crippen molar-refractivity contribution in [2.75, 3.05) is 6.61 Å². The van der Waals surface area contributed by atoms with Gasteiger partial charge in [0.25, 0.3) is 0 Å². The van der Waals surface area contributed by atoms with Gasteiger partial charge in [-0.15, -0.1) is 0 Å². The summed E-state index contributed by atoms with van der Waals surface area (Å²) in [7, 11) is 0. The zero-order chi connectivity index (χ0) is 12.5. The van der Waals surface area contributed by atoms with E-state index in [1.54, 1.807) is 0 Å². The summed E-state index contributed by atoms with van der Waals surface area (Å²) in [5.74, 6) is 0.949. The van der Waals surface area contributed by atoms with E-state index in [0.717, 1.165) is 12.5 Å². The van der Waals surface area contributed by atoms with Gasteiger partial charge in [-0.2, -0.15) is 0 Å². The summed E-state index contributed by atoms with van der Waals surface area (Å²) in [6.45, 7) is 3.32. The molecular weight excluding hydrogens is 222 g/mol. The van der Waals surface area contributed by atoms with Gasteiger partial charge >= 0.3 is 0 Å². The fourth-order valence-electron chi connectivity index (χ4n) is 4.45. The van der Waals surface area contributed by atoms with Gasteiger partial charge in [-0.3, -0.25) is 5.32 Å². The van der Waals surface area contributed by atoms with E-state index in [9.17, 15) is 0 Å². The van der Waals surface area contributed by atoms with Crippen LogP contribution in [0, 0.1) is 5.92 Å². The maximum Gasteiger partial charge on any atom is 0.119 e. The summed E-state index contributed by atoms with van der Waals surface area (Å²) in [4.78, 5) is 0. The van der Waals surface area contributed by atoms with Gasteiger partial charge in [-0.1, -0.05) is 32.6 Å². The normalized spacial score (nSPS) is 40.2. The van der Waals surface area contributed by atoms with E-state index in [2.05, 4.69) is 12.2 Å². The van der Waals surface area contributed by atoms with Gasteiger partial charge < -0.3 is 4.74 Å². The molecule has 3 fully saturated rings. The van der Waals surface area contributed by atoms with E-state index >= 15 is 0 Å². The van der Waals surface area contributed by atoms with Crippen LogP contribution in [0.2, 0.25) is 0 Å². The third kappa shape index (κ3) is 2.46. The highest BCUT2D eigenvalue weighted by Crippen LogP contribution is 2.42. The Balaban J connectivity index is 1.66. The Morgan fingerprint density at radius 1 is 1.00 bits per heavy atom. The zero-order valence-corrected chi connectivity index (χ0v) is 12.0. The smallest absolute Gasteiger partial charge is 0.119 e. The predicted molar refractivity (Wildman–Crippen MR) is 74.5 cm³/mol. The Labute approximate surface area is 112 Å². The summed E-state index contributed by atoms with van der Waals surface area (Å²) >= 11 is 0. The van der Waals surface area contributed by atoms with Crippen LogP contribution in [0.3, 0.4) is 0 Å². The molecule has 104 valence electrons. The maximum atomic E-state index is 6.22. The Morgan fingerprint density at radius 2 is 1.72 bits per heavy atom. The third-order valence-corrected chi connectivity index (χ3v) is 5.75. The standard InChI is InChI=1S/C16H29NO/c1-2-14-6-10-16(11-7-14)17-15(12-13-18-16)8-4-3-5-9-15/h14,17H,2-13H2,1H3. The molecule has 0 atom stereocenters. The minimum absolute atomic E-state index is 0.0568. The second-order valence-corrected chi connectivity index (χ2v) is 6.91. The molecule has 2 nitrogen and oxygen atoms in total. The topological polar surface area (TPSA) is 21.3 Å². The van der Waals surface area contributed by atoms with Crippen LogP contribution in [0.1, 0.15) is 77.6 Å². The highest BCUT2D eigenvalue weighted by Gasteiger charge is 2.46. The average Bonchev–Trinajstić information content (AvgIpc) is 2.40. The first-order valence-corrected chi connectivity index (χ1v) is 8.19. The molecule has 1 saturated heterocycles. The molecule has 0 aromatic rings. The predicted octanol–water partition coefficient (Wildman–Crippen LogP) is 4.00. The fraction of sp³-hybridized carbons (Fsp3) is 1.00. The van der Waals surface area contributed by atoms with Gasteiger partial charge in [0.1, 0.15) is 5.72 Å². The lowest BCUT2D eigenvalue weighted by molar-refractivity contribution is -0.161. The van der Waals surface area contributed by atoms with Crippen molar-refractivity contribution in [1.29, 1.82) is 0 Å². The minimum Gasteiger partial charge on any atom is -0.361 e. The lowest BCUT2D eigenvalue weighted by atomic mass is 9.74. The van der Waals surface area contributed by atoms with E-state index in [0.29, 0.717) is 5.54 Å². The molecule has 2 saturated carbocycles. The van der Waals surface area contributed by atoms with Crippen molar-refractivity contribution in [2.45, 2.75) is 88.8 Å². The molecule has 0 unspecified atom stereocenters. The molecule has 1 N–H and O–H groups in total. The molecule has 18 heavy (non-hydrogen) atoms. The third-order valence-electron chi connectivity index (χ3n) is 5.75. The molecule has 3 aliphatic rings. The number of ether oxygens (including phenoxy) is 1. The fourth-order valence-corrected chi connectivity index (χ4v) is 4.45. The largest absolute Gasteiger partial charge is 0.361 e. The van der Waals surface area contributed by atoms with Gasteiger partial charge in [-0.25, -0.2) is 0 Å². The Morgan fingerprint density at radius 3 is 2.39 bits per heavy atom. The van der Waals surface area contributed by atoms with Crippen molar-refractivity contribution in [3.05, 3.63) is 0 Å². The van der Waals surface area contributed by atoms with Crippen LogP contribution in [0.25, 0.3) is 0 Å². The molecule has 1 heterocycles. The number of nitrogens with one attached hydrogen (secondary N) is 1. The van der Waals surface area contributed by atoms with Crippen LogP contribution in [-0.2, 0) is 4.74 Å². The SMILES string of the molecule is CCC1CCC2(CC1)NC1(CCCCC1)CCO2. The van der Waals surface area contributed by atoms with Crippen LogP contribution >= 0.6 is 0 Å². The van der Waals surface area contributed by atoms with E-state index in [-0.39, 0.29) is 5.72 Å². The quantitative estimate of drug-likeness (QED) is 0.760. The van der Waals surface area contributed by atoms with E-state index in [1.165, 1.54) is 70.6 Å². The van der Waals surface area contributed by atoms with Crippen LogP contribution in [0.5, 0.6) is 0 Å². The molecular formula is C16H29NO. The lowest BCUT2D eigenvalue weighted by Crippen LogP contribution is -2.65.